The highest BCUT2D eigenvalue weighted by atomic mass is 32.2. The number of carbonyl (C=O) groups is 1. The van der Waals surface area contributed by atoms with Gasteiger partial charge >= 0.3 is 0 Å². The highest BCUT2D eigenvalue weighted by Gasteiger charge is 2.29. The molecule has 1 heterocycles. The molecule has 0 bridgehead atoms. The van der Waals surface area contributed by atoms with E-state index in [1.54, 1.807) is 43.3 Å². The normalized spacial score (nSPS) is 13.6. The number of ether oxygens (including phenoxy) is 3. The number of nitrogens with one attached hydrogen (secondary N) is 1. The average Bonchev–Trinajstić information content (AvgIpc) is 3.14. The molecule has 156 valence electrons. The first kappa shape index (κ1) is 20.8. The Morgan fingerprint density at radius 3 is 2.52 bits per heavy atom. The Balaban J connectivity index is 1.71. The summed E-state index contributed by atoms with van der Waals surface area (Å²) in [6, 6.07) is 11.0. The molecule has 0 aliphatic carbocycles. The molecule has 2 aromatic carbocycles. The van der Waals surface area contributed by atoms with Crippen LogP contribution in [0.25, 0.3) is 0 Å². The van der Waals surface area contributed by atoms with Crippen molar-refractivity contribution < 1.29 is 27.4 Å². The summed E-state index contributed by atoms with van der Waals surface area (Å²) in [4.78, 5) is 12.7. The number of nitrogens with zero attached hydrogens (tertiary/aromatic N) is 1. The SMILES string of the molecule is CCOc1ccc(N([C@@H](C)C(=O)NCc2ccc3c(c2)OCO3)S(C)(=O)=O)cc1. The summed E-state index contributed by atoms with van der Waals surface area (Å²) >= 11 is 0. The molecule has 0 aromatic heterocycles. The topological polar surface area (TPSA) is 94.2 Å². The van der Waals surface area contributed by atoms with E-state index in [0.29, 0.717) is 29.5 Å². The van der Waals surface area contributed by atoms with Crippen LogP contribution in [-0.4, -0.2) is 40.0 Å². The maximum Gasteiger partial charge on any atom is 0.243 e. The number of anilines is 1. The van der Waals surface area contributed by atoms with Crippen molar-refractivity contribution in [1.29, 1.82) is 0 Å². The van der Waals surface area contributed by atoms with Crippen molar-refractivity contribution in [2.75, 3.05) is 24.0 Å². The molecule has 1 atom stereocenters. The van der Waals surface area contributed by atoms with Gasteiger partial charge in [-0.05, 0) is 55.8 Å². The number of amides is 1. The van der Waals surface area contributed by atoms with Crippen LogP contribution in [0.5, 0.6) is 17.2 Å². The van der Waals surface area contributed by atoms with Gasteiger partial charge in [-0.25, -0.2) is 8.42 Å². The van der Waals surface area contributed by atoms with E-state index in [9.17, 15) is 13.2 Å². The Labute approximate surface area is 170 Å². The minimum atomic E-state index is -3.68. The van der Waals surface area contributed by atoms with Crippen LogP contribution in [0.4, 0.5) is 5.69 Å². The van der Waals surface area contributed by atoms with Crippen LogP contribution >= 0.6 is 0 Å². The zero-order valence-electron chi connectivity index (χ0n) is 16.5. The van der Waals surface area contributed by atoms with Crippen LogP contribution in [0, 0.1) is 0 Å². The third kappa shape index (κ3) is 4.92. The zero-order valence-corrected chi connectivity index (χ0v) is 17.4. The lowest BCUT2D eigenvalue weighted by Gasteiger charge is -2.28. The lowest BCUT2D eigenvalue weighted by molar-refractivity contribution is -0.122. The van der Waals surface area contributed by atoms with Crippen molar-refractivity contribution in [2.24, 2.45) is 0 Å². The van der Waals surface area contributed by atoms with Crippen LogP contribution in [0.1, 0.15) is 19.4 Å². The van der Waals surface area contributed by atoms with E-state index in [0.717, 1.165) is 16.1 Å². The molecule has 0 saturated heterocycles. The number of carbonyl (C=O) groups excluding carboxylic acids is 1. The standard InChI is InChI=1S/C20H24N2O6S/c1-4-26-17-8-6-16(7-9-17)22(29(3,24)25)14(2)20(23)21-12-15-5-10-18-19(11-15)28-13-27-18/h5-11,14H,4,12-13H2,1-3H3,(H,21,23)/t14-/m0/s1. The fourth-order valence-electron chi connectivity index (χ4n) is 3.05. The van der Waals surface area contributed by atoms with Crippen LogP contribution < -0.4 is 23.8 Å². The van der Waals surface area contributed by atoms with Gasteiger partial charge in [0.1, 0.15) is 11.8 Å². The van der Waals surface area contributed by atoms with E-state index >= 15 is 0 Å². The van der Waals surface area contributed by atoms with Gasteiger partial charge in [0.25, 0.3) is 0 Å². The summed E-state index contributed by atoms with van der Waals surface area (Å²) < 4.78 is 41.8. The van der Waals surface area contributed by atoms with Gasteiger partial charge in [0.15, 0.2) is 11.5 Å². The summed E-state index contributed by atoms with van der Waals surface area (Å²) in [7, 11) is -3.68. The second-order valence-electron chi connectivity index (χ2n) is 6.57. The molecule has 3 rings (SSSR count). The molecule has 1 amide bonds. The number of benzene rings is 2. The molecule has 0 unspecified atom stereocenters. The summed E-state index contributed by atoms with van der Waals surface area (Å²) in [5.74, 6) is 1.50. The van der Waals surface area contributed by atoms with Crippen LogP contribution in [0.2, 0.25) is 0 Å². The Morgan fingerprint density at radius 1 is 1.17 bits per heavy atom. The zero-order chi connectivity index (χ0) is 21.0. The van der Waals surface area contributed by atoms with Gasteiger partial charge in [0.2, 0.25) is 22.7 Å². The fraction of sp³-hybridized carbons (Fsp3) is 0.350. The van der Waals surface area contributed by atoms with Gasteiger partial charge in [-0.2, -0.15) is 0 Å². The van der Waals surface area contributed by atoms with Crippen molar-refractivity contribution in [3.8, 4) is 17.2 Å². The third-order valence-electron chi connectivity index (χ3n) is 4.39. The second-order valence-corrected chi connectivity index (χ2v) is 8.43. The Kier molecular flexibility index (Phi) is 6.17. The predicted molar refractivity (Wildman–Crippen MR) is 109 cm³/mol. The fourth-order valence-corrected chi connectivity index (χ4v) is 4.23. The monoisotopic (exact) mass is 420 g/mol. The highest BCUT2D eigenvalue weighted by molar-refractivity contribution is 7.92. The van der Waals surface area contributed by atoms with Gasteiger partial charge in [-0.1, -0.05) is 6.07 Å². The maximum atomic E-state index is 12.7. The Hall–Kier alpha value is -2.94. The molecule has 9 heteroatoms. The lowest BCUT2D eigenvalue weighted by Crippen LogP contribution is -2.47. The number of sulfonamides is 1. The highest BCUT2D eigenvalue weighted by Crippen LogP contribution is 2.32. The molecule has 0 fully saturated rings. The quantitative estimate of drug-likeness (QED) is 0.704. The largest absolute Gasteiger partial charge is 0.494 e. The van der Waals surface area contributed by atoms with E-state index in [4.69, 9.17) is 14.2 Å². The summed E-state index contributed by atoms with van der Waals surface area (Å²) in [5.41, 5.74) is 1.21. The van der Waals surface area contributed by atoms with Gasteiger partial charge < -0.3 is 19.5 Å². The van der Waals surface area contributed by atoms with E-state index < -0.39 is 22.0 Å². The number of hydrogen-bond acceptors (Lipinski definition) is 6. The first-order valence-corrected chi connectivity index (χ1v) is 11.0. The molecule has 0 spiro atoms. The smallest absolute Gasteiger partial charge is 0.243 e. The van der Waals surface area contributed by atoms with Crippen molar-refractivity contribution in [3.05, 3.63) is 48.0 Å². The van der Waals surface area contributed by atoms with Crippen LogP contribution in [0.15, 0.2) is 42.5 Å². The summed E-state index contributed by atoms with van der Waals surface area (Å²) in [5, 5.41) is 2.78. The molecule has 2 aromatic rings. The van der Waals surface area contributed by atoms with Gasteiger partial charge in [0, 0.05) is 6.54 Å². The minimum Gasteiger partial charge on any atom is -0.494 e. The lowest BCUT2D eigenvalue weighted by atomic mass is 10.2. The van der Waals surface area contributed by atoms with Crippen LogP contribution in [0.3, 0.4) is 0 Å². The van der Waals surface area contributed by atoms with Gasteiger partial charge in [-0.3, -0.25) is 9.10 Å². The molecule has 0 radical (unpaired) electrons. The number of fused-ring (bicyclic) bond motifs is 1. The first-order valence-electron chi connectivity index (χ1n) is 9.18. The van der Waals surface area contributed by atoms with E-state index in [1.807, 2.05) is 13.0 Å². The Morgan fingerprint density at radius 2 is 1.86 bits per heavy atom. The van der Waals surface area contributed by atoms with Gasteiger partial charge in [0.05, 0.1) is 18.6 Å². The van der Waals surface area contributed by atoms with E-state index in [2.05, 4.69) is 5.32 Å². The minimum absolute atomic E-state index is 0.174. The molecule has 29 heavy (non-hydrogen) atoms. The second kappa shape index (κ2) is 8.60. The van der Waals surface area contributed by atoms with E-state index in [1.165, 1.54) is 0 Å². The average molecular weight is 420 g/mol. The third-order valence-corrected chi connectivity index (χ3v) is 5.64. The number of rotatable bonds is 8. The van der Waals surface area contributed by atoms with Crippen molar-refractivity contribution in [1.82, 2.24) is 5.32 Å². The molecule has 0 saturated carbocycles. The summed E-state index contributed by atoms with van der Waals surface area (Å²) in [6.07, 6.45) is 1.07. The van der Waals surface area contributed by atoms with E-state index in [-0.39, 0.29) is 13.3 Å². The molecule has 1 aliphatic rings. The molecule has 8 nitrogen and oxygen atoms in total. The molecule has 1 N–H and O–H groups in total. The van der Waals surface area contributed by atoms with Gasteiger partial charge in [-0.15, -0.1) is 0 Å². The maximum absolute atomic E-state index is 12.7. The first-order chi connectivity index (χ1) is 13.8. The summed E-state index contributed by atoms with van der Waals surface area (Å²) in [6.45, 7) is 4.33. The Bertz CT molecular complexity index is 975. The molecular weight excluding hydrogens is 396 g/mol. The van der Waals surface area contributed by atoms with Crippen molar-refractivity contribution in [2.45, 2.75) is 26.4 Å². The van der Waals surface area contributed by atoms with Crippen molar-refractivity contribution >= 4 is 21.6 Å². The molecular formula is C20H24N2O6S. The molecule has 1 aliphatic heterocycles. The van der Waals surface area contributed by atoms with Crippen LogP contribution in [-0.2, 0) is 21.4 Å². The number of hydrogen-bond donors (Lipinski definition) is 1. The predicted octanol–water partition coefficient (Wildman–Crippen LogP) is 2.28. The van der Waals surface area contributed by atoms with Crippen molar-refractivity contribution in [3.63, 3.8) is 0 Å².